The fraction of sp³-hybridized carbons (Fsp3) is 0.385. The Kier molecular flexibility index (Phi) is 4.11. The van der Waals surface area contributed by atoms with E-state index in [2.05, 4.69) is 15.6 Å². The minimum absolute atomic E-state index is 0.0781. The Bertz CT molecular complexity index is 582. The first-order valence-corrected chi connectivity index (χ1v) is 8.16. The van der Waals surface area contributed by atoms with Crippen LogP contribution in [0.3, 0.4) is 0 Å². The number of carbonyl (C=O) groups excluding carboxylic acids is 1. The number of rotatable bonds is 4. The molecule has 5 nitrogen and oxygen atoms in total. The van der Waals surface area contributed by atoms with E-state index in [0.717, 1.165) is 16.4 Å². The molecule has 2 aromatic heterocycles. The van der Waals surface area contributed by atoms with Gasteiger partial charge in [0.2, 0.25) is 0 Å². The van der Waals surface area contributed by atoms with E-state index in [1.807, 2.05) is 17.5 Å². The van der Waals surface area contributed by atoms with Gasteiger partial charge in [-0.2, -0.15) is 0 Å². The number of β-amino-alcohol motifs (C(OH)–C–C–N with tert-alkyl or cyclic N) is 1. The summed E-state index contributed by atoms with van der Waals surface area (Å²) in [6.45, 7) is 1.80. The number of thiophene rings is 1. The lowest BCUT2D eigenvalue weighted by Gasteiger charge is -2.13. The molecular formula is C13H15N3O2S2. The fourth-order valence-electron chi connectivity index (χ4n) is 2.13. The number of hydrogen-bond donors (Lipinski definition) is 3. The highest BCUT2D eigenvalue weighted by Crippen LogP contribution is 2.27. The van der Waals surface area contributed by atoms with Crippen molar-refractivity contribution in [3.05, 3.63) is 28.6 Å². The zero-order valence-electron chi connectivity index (χ0n) is 10.7. The van der Waals surface area contributed by atoms with E-state index in [4.69, 9.17) is 0 Å². The summed E-state index contributed by atoms with van der Waals surface area (Å²) in [5, 5.41) is 20.2. The number of aromatic nitrogens is 1. The van der Waals surface area contributed by atoms with Gasteiger partial charge in [0, 0.05) is 30.9 Å². The number of amides is 1. The van der Waals surface area contributed by atoms with Gasteiger partial charge in [-0.3, -0.25) is 4.79 Å². The van der Waals surface area contributed by atoms with Crippen molar-refractivity contribution in [1.29, 1.82) is 0 Å². The maximum atomic E-state index is 12.0. The maximum Gasteiger partial charge on any atom is 0.270 e. The van der Waals surface area contributed by atoms with Crippen molar-refractivity contribution in [2.75, 3.05) is 19.6 Å². The summed E-state index contributed by atoms with van der Waals surface area (Å²) in [6.07, 6.45) is -0.382. The number of nitrogens with zero attached hydrogens (tertiary/aromatic N) is 1. The lowest BCUT2D eigenvalue weighted by atomic mass is 10.1. The van der Waals surface area contributed by atoms with Crippen molar-refractivity contribution < 1.29 is 9.90 Å². The summed E-state index contributed by atoms with van der Waals surface area (Å²) < 4.78 is 0. The Morgan fingerprint density at radius 2 is 2.40 bits per heavy atom. The van der Waals surface area contributed by atoms with Crippen molar-refractivity contribution in [1.82, 2.24) is 15.6 Å². The molecule has 7 heteroatoms. The second-order valence-electron chi connectivity index (χ2n) is 4.71. The van der Waals surface area contributed by atoms with Crippen molar-refractivity contribution in [2.24, 2.45) is 5.92 Å². The monoisotopic (exact) mass is 309 g/mol. The summed E-state index contributed by atoms with van der Waals surface area (Å²) in [4.78, 5) is 17.5. The minimum Gasteiger partial charge on any atom is -0.391 e. The average molecular weight is 309 g/mol. The van der Waals surface area contributed by atoms with Gasteiger partial charge in [0.15, 0.2) is 0 Å². The molecule has 1 amide bonds. The van der Waals surface area contributed by atoms with Crippen molar-refractivity contribution in [2.45, 2.75) is 6.10 Å². The van der Waals surface area contributed by atoms with Crippen LogP contribution in [-0.4, -0.2) is 41.7 Å². The molecule has 1 fully saturated rings. The smallest absolute Gasteiger partial charge is 0.270 e. The van der Waals surface area contributed by atoms with Gasteiger partial charge in [-0.05, 0) is 11.4 Å². The first kappa shape index (κ1) is 13.7. The van der Waals surface area contributed by atoms with E-state index >= 15 is 0 Å². The lowest BCUT2D eigenvalue weighted by molar-refractivity contribution is 0.0923. The van der Waals surface area contributed by atoms with Crippen LogP contribution >= 0.6 is 22.7 Å². The second-order valence-corrected chi connectivity index (χ2v) is 6.52. The quantitative estimate of drug-likeness (QED) is 0.793. The van der Waals surface area contributed by atoms with Gasteiger partial charge < -0.3 is 15.7 Å². The molecule has 2 aromatic rings. The van der Waals surface area contributed by atoms with Crippen molar-refractivity contribution in [3.8, 4) is 9.88 Å². The normalized spacial score (nSPS) is 22.1. The van der Waals surface area contributed by atoms with Gasteiger partial charge in [-0.15, -0.1) is 22.7 Å². The van der Waals surface area contributed by atoms with E-state index in [9.17, 15) is 9.90 Å². The van der Waals surface area contributed by atoms with Crippen LogP contribution in [0.15, 0.2) is 22.9 Å². The molecule has 0 aromatic carbocycles. The van der Waals surface area contributed by atoms with Crippen LogP contribution in [-0.2, 0) is 0 Å². The van der Waals surface area contributed by atoms with E-state index in [-0.39, 0.29) is 17.9 Å². The van der Waals surface area contributed by atoms with Gasteiger partial charge in [0.25, 0.3) is 5.91 Å². The Balaban J connectivity index is 1.60. The molecule has 1 aliphatic rings. The third-order valence-electron chi connectivity index (χ3n) is 3.30. The van der Waals surface area contributed by atoms with Crippen LogP contribution in [0.1, 0.15) is 10.5 Å². The summed E-state index contributed by atoms with van der Waals surface area (Å²) in [7, 11) is 0. The topological polar surface area (TPSA) is 74.2 Å². The summed E-state index contributed by atoms with van der Waals surface area (Å²) in [5.74, 6) is -0.0995. The third kappa shape index (κ3) is 2.90. The molecule has 0 spiro atoms. The molecule has 3 N–H and O–H groups in total. The van der Waals surface area contributed by atoms with E-state index in [1.165, 1.54) is 11.3 Å². The summed E-state index contributed by atoms with van der Waals surface area (Å²) in [5.41, 5.74) is 0.443. The molecule has 1 aliphatic heterocycles. The SMILES string of the molecule is O=C(NCC1CNCC1O)c1csc(-c2cccs2)n1. The first-order chi connectivity index (χ1) is 9.74. The first-order valence-electron chi connectivity index (χ1n) is 6.40. The molecule has 0 aliphatic carbocycles. The number of thiazole rings is 1. The number of nitrogens with one attached hydrogen (secondary N) is 2. The van der Waals surface area contributed by atoms with Crippen LogP contribution in [0.25, 0.3) is 9.88 Å². The Labute approximate surface area is 124 Å². The van der Waals surface area contributed by atoms with E-state index in [0.29, 0.717) is 18.8 Å². The minimum atomic E-state index is -0.382. The van der Waals surface area contributed by atoms with E-state index < -0.39 is 0 Å². The van der Waals surface area contributed by atoms with E-state index in [1.54, 1.807) is 16.7 Å². The summed E-state index contributed by atoms with van der Waals surface area (Å²) in [6, 6.07) is 3.96. The lowest BCUT2D eigenvalue weighted by Crippen LogP contribution is -2.34. The molecule has 0 saturated carbocycles. The maximum absolute atomic E-state index is 12.0. The van der Waals surface area contributed by atoms with Crippen LogP contribution in [0.4, 0.5) is 0 Å². The Hall–Kier alpha value is -1.28. The number of carbonyl (C=O) groups is 1. The molecular weight excluding hydrogens is 294 g/mol. The molecule has 1 saturated heterocycles. The molecule has 2 unspecified atom stereocenters. The number of aliphatic hydroxyl groups excluding tert-OH is 1. The Morgan fingerprint density at radius 1 is 1.50 bits per heavy atom. The fourth-order valence-corrected chi connectivity index (χ4v) is 3.75. The van der Waals surface area contributed by atoms with Crippen molar-refractivity contribution >= 4 is 28.6 Å². The zero-order valence-corrected chi connectivity index (χ0v) is 12.3. The third-order valence-corrected chi connectivity index (χ3v) is 5.18. The zero-order chi connectivity index (χ0) is 13.9. The number of aliphatic hydroxyl groups is 1. The molecule has 0 radical (unpaired) electrons. The summed E-state index contributed by atoms with van der Waals surface area (Å²) >= 11 is 3.08. The molecule has 20 heavy (non-hydrogen) atoms. The predicted molar refractivity (Wildman–Crippen MR) is 80.1 cm³/mol. The van der Waals surface area contributed by atoms with Crippen molar-refractivity contribution in [3.63, 3.8) is 0 Å². The standard InChI is InChI=1S/C13H15N3O2S2/c17-10-6-14-4-8(10)5-15-12(18)9-7-20-13(16-9)11-2-1-3-19-11/h1-3,7-8,10,14,17H,4-6H2,(H,15,18). The van der Waals surface area contributed by atoms with Gasteiger partial charge in [0.1, 0.15) is 10.7 Å². The van der Waals surface area contributed by atoms with Gasteiger partial charge in [-0.25, -0.2) is 4.98 Å². The van der Waals surface area contributed by atoms with Gasteiger partial charge >= 0.3 is 0 Å². The molecule has 2 atom stereocenters. The number of hydrogen-bond acceptors (Lipinski definition) is 6. The molecule has 106 valence electrons. The molecule has 0 bridgehead atoms. The highest BCUT2D eigenvalue weighted by atomic mass is 32.1. The van der Waals surface area contributed by atoms with Crippen LogP contribution in [0.5, 0.6) is 0 Å². The molecule has 3 heterocycles. The molecule has 3 rings (SSSR count). The largest absolute Gasteiger partial charge is 0.391 e. The van der Waals surface area contributed by atoms with Gasteiger partial charge in [0.05, 0.1) is 11.0 Å². The highest BCUT2D eigenvalue weighted by molar-refractivity contribution is 7.20. The second kappa shape index (κ2) is 6.01. The highest BCUT2D eigenvalue weighted by Gasteiger charge is 2.25. The van der Waals surface area contributed by atoms with Crippen LogP contribution in [0, 0.1) is 5.92 Å². The average Bonchev–Trinajstić information content (AvgIpc) is 3.17. The Morgan fingerprint density at radius 3 is 3.10 bits per heavy atom. The predicted octanol–water partition coefficient (Wildman–Crippen LogP) is 1.18. The van der Waals surface area contributed by atoms with Crippen LogP contribution < -0.4 is 10.6 Å². The van der Waals surface area contributed by atoms with Gasteiger partial charge in [-0.1, -0.05) is 6.07 Å². The van der Waals surface area contributed by atoms with Crippen LogP contribution in [0.2, 0.25) is 0 Å².